The Bertz CT molecular complexity index is 570. The lowest BCUT2D eigenvalue weighted by Gasteiger charge is -2.15. The van der Waals surface area contributed by atoms with Crippen LogP contribution in [-0.4, -0.2) is 29.8 Å². The second-order valence-electron chi connectivity index (χ2n) is 4.95. The van der Waals surface area contributed by atoms with Gasteiger partial charge in [-0.2, -0.15) is 0 Å². The van der Waals surface area contributed by atoms with Gasteiger partial charge in [-0.25, -0.2) is 0 Å². The third-order valence-corrected chi connectivity index (χ3v) is 3.32. The van der Waals surface area contributed by atoms with E-state index in [1.54, 1.807) is 36.4 Å². The molecule has 1 fully saturated rings. The molecule has 0 bridgehead atoms. The average molecular weight is 284 g/mol. The highest BCUT2D eigenvalue weighted by atomic mass is 16.2. The summed E-state index contributed by atoms with van der Waals surface area (Å²) in [5.74, 6) is -0.174. The number of benzene rings is 1. The van der Waals surface area contributed by atoms with Crippen molar-refractivity contribution in [2.75, 3.05) is 18.4 Å². The first kappa shape index (κ1) is 15.0. The molecule has 0 spiro atoms. The van der Waals surface area contributed by atoms with Gasteiger partial charge in [0.25, 0.3) is 5.91 Å². The van der Waals surface area contributed by atoms with Gasteiger partial charge in [-0.15, -0.1) is 0 Å². The molecule has 1 aliphatic heterocycles. The Morgan fingerprint density at radius 2 is 1.95 bits per heavy atom. The van der Waals surface area contributed by atoms with E-state index in [2.05, 4.69) is 5.32 Å². The second kappa shape index (κ2) is 7.43. The molecule has 2 amide bonds. The molecule has 1 N–H and O–H groups in total. The molecule has 0 aliphatic carbocycles. The van der Waals surface area contributed by atoms with Gasteiger partial charge in [-0.1, -0.05) is 24.3 Å². The summed E-state index contributed by atoms with van der Waals surface area (Å²) in [6.45, 7) is 3.53. The summed E-state index contributed by atoms with van der Waals surface area (Å²) in [7, 11) is 0. The number of hydrogen-bond donors (Lipinski definition) is 1. The molecule has 0 saturated carbocycles. The molecule has 4 heteroatoms. The number of carbonyl (C=O) groups excluding carboxylic acids is 2. The number of nitrogens with zero attached hydrogens (tertiary/aromatic N) is 1. The van der Waals surface area contributed by atoms with E-state index in [0.717, 1.165) is 25.9 Å². The first-order chi connectivity index (χ1) is 10.2. The van der Waals surface area contributed by atoms with Crippen molar-refractivity contribution in [1.29, 1.82) is 0 Å². The number of rotatable bonds is 4. The van der Waals surface area contributed by atoms with Crippen molar-refractivity contribution in [2.24, 2.45) is 0 Å². The normalized spacial score (nSPS) is 15.0. The SMILES string of the molecule is C/C=C/C=C/C(=O)Nc1cccc(C(=O)N2CCCC2)c1. The van der Waals surface area contributed by atoms with Crippen molar-refractivity contribution in [3.8, 4) is 0 Å². The van der Waals surface area contributed by atoms with Crippen molar-refractivity contribution in [3.05, 3.63) is 54.1 Å². The summed E-state index contributed by atoms with van der Waals surface area (Å²) in [5, 5.41) is 2.76. The number of nitrogens with one attached hydrogen (secondary N) is 1. The topological polar surface area (TPSA) is 49.4 Å². The maximum absolute atomic E-state index is 12.3. The monoisotopic (exact) mass is 284 g/mol. The maximum Gasteiger partial charge on any atom is 0.253 e. The van der Waals surface area contributed by atoms with Crippen molar-refractivity contribution >= 4 is 17.5 Å². The molecule has 1 saturated heterocycles. The minimum atomic E-state index is -0.209. The standard InChI is InChI=1S/C17H20N2O2/c1-2-3-4-10-16(20)18-15-9-7-8-14(13-15)17(21)19-11-5-6-12-19/h2-4,7-10,13H,5-6,11-12H2,1H3,(H,18,20)/b3-2+,10-4+. The van der Waals surface area contributed by atoms with Crippen molar-refractivity contribution in [1.82, 2.24) is 4.90 Å². The molecular formula is C17H20N2O2. The number of allylic oxidation sites excluding steroid dienone is 3. The first-order valence-electron chi connectivity index (χ1n) is 7.20. The number of carbonyl (C=O) groups is 2. The Balaban J connectivity index is 2.03. The molecule has 0 unspecified atom stereocenters. The zero-order chi connectivity index (χ0) is 15.1. The zero-order valence-corrected chi connectivity index (χ0v) is 12.2. The van der Waals surface area contributed by atoms with E-state index in [1.165, 1.54) is 6.08 Å². The molecular weight excluding hydrogens is 264 g/mol. The molecule has 2 rings (SSSR count). The Morgan fingerprint density at radius 3 is 2.67 bits per heavy atom. The van der Waals surface area contributed by atoms with Crippen LogP contribution >= 0.6 is 0 Å². The lowest BCUT2D eigenvalue weighted by atomic mass is 10.1. The third-order valence-electron chi connectivity index (χ3n) is 3.32. The van der Waals surface area contributed by atoms with Gasteiger partial charge in [0.15, 0.2) is 0 Å². The molecule has 110 valence electrons. The summed E-state index contributed by atoms with van der Waals surface area (Å²) in [6.07, 6.45) is 8.89. The average Bonchev–Trinajstić information content (AvgIpc) is 3.01. The van der Waals surface area contributed by atoms with Crippen LogP contribution in [0.4, 0.5) is 5.69 Å². The lowest BCUT2D eigenvalue weighted by molar-refractivity contribution is -0.111. The Hall–Kier alpha value is -2.36. The number of anilines is 1. The number of likely N-dealkylation sites (tertiary alicyclic amines) is 1. The van der Waals surface area contributed by atoms with Gasteiger partial charge in [-0.05, 0) is 38.0 Å². The lowest BCUT2D eigenvalue weighted by Crippen LogP contribution is -2.27. The van der Waals surface area contributed by atoms with Crippen LogP contribution in [0.25, 0.3) is 0 Å². The van der Waals surface area contributed by atoms with Crippen molar-refractivity contribution in [3.63, 3.8) is 0 Å². The largest absolute Gasteiger partial charge is 0.339 e. The van der Waals surface area contributed by atoms with E-state index in [1.807, 2.05) is 17.9 Å². The van der Waals surface area contributed by atoms with Crippen LogP contribution in [0.3, 0.4) is 0 Å². The predicted molar refractivity (Wildman–Crippen MR) is 84.2 cm³/mol. The summed E-state index contributed by atoms with van der Waals surface area (Å²) in [4.78, 5) is 25.8. The summed E-state index contributed by atoms with van der Waals surface area (Å²) < 4.78 is 0. The fourth-order valence-corrected chi connectivity index (χ4v) is 2.27. The summed E-state index contributed by atoms with van der Waals surface area (Å²) >= 11 is 0. The molecule has 1 aromatic carbocycles. The molecule has 1 aliphatic rings. The maximum atomic E-state index is 12.3. The minimum Gasteiger partial charge on any atom is -0.339 e. The fourth-order valence-electron chi connectivity index (χ4n) is 2.27. The molecule has 4 nitrogen and oxygen atoms in total. The minimum absolute atomic E-state index is 0.0352. The zero-order valence-electron chi connectivity index (χ0n) is 12.2. The molecule has 1 heterocycles. The van der Waals surface area contributed by atoms with Gasteiger partial charge in [0.1, 0.15) is 0 Å². The first-order valence-corrected chi connectivity index (χ1v) is 7.20. The quantitative estimate of drug-likeness (QED) is 0.682. The van der Waals surface area contributed by atoms with Crippen LogP contribution in [-0.2, 0) is 4.79 Å². The van der Waals surface area contributed by atoms with Gasteiger partial charge >= 0.3 is 0 Å². The van der Waals surface area contributed by atoms with Crippen LogP contribution in [0, 0.1) is 0 Å². The Morgan fingerprint density at radius 1 is 1.19 bits per heavy atom. The van der Waals surface area contributed by atoms with Gasteiger partial charge in [0.05, 0.1) is 0 Å². The Labute approximate surface area is 125 Å². The highest BCUT2D eigenvalue weighted by molar-refractivity contribution is 6.01. The second-order valence-corrected chi connectivity index (χ2v) is 4.95. The van der Waals surface area contributed by atoms with E-state index >= 15 is 0 Å². The van der Waals surface area contributed by atoms with Gasteiger partial charge < -0.3 is 10.2 Å². The van der Waals surface area contributed by atoms with E-state index < -0.39 is 0 Å². The van der Waals surface area contributed by atoms with Gasteiger partial charge in [0, 0.05) is 30.4 Å². The van der Waals surface area contributed by atoms with E-state index in [9.17, 15) is 9.59 Å². The molecule has 0 aromatic heterocycles. The van der Waals surface area contributed by atoms with Crippen LogP contribution in [0.2, 0.25) is 0 Å². The molecule has 1 aromatic rings. The highest BCUT2D eigenvalue weighted by Crippen LogP contribution is 2.16. The van der Waals surface area contributed by atoms with Crippen LogP contribution in [0.15, 0.2) is 48.6 Å². The van der Waals surface area contributed by atoms with E-state index in [4.69, 9.17) is 0 Å². The summed E-state index contributed by atoms with van der Waals surface area (Å²) in [5.41, 5.74) is 1.25. The van der Waals surface area contributed by atoms with Crippen molar-refractivity contribution in [2.45, 2.75) is 19.8 Å². The number of amides is 2. The van der Waals surface area contributed by atoms with Crippen LogP contribution in [0.5, 0.6) is 0 Å². The number of hydrogen-bond acceptors (Lipinski definition) is 2. The molecule has 0 atom stereocenters. The molecule has 21 heavy (non-hydrogen) atoms. The van der Waals surface area contributed by atoms with Gasteiger partial charge in [0.2, 0.25) is 5.91 Å². The molecule has 0 radical (unpaired) electrons. The van der Waals surface area contributed by atoms with Crippen LogP contribution in [0.1, 0.15) is 30.1 Å². The smallest absolute Gasteiger partial charge is 0.253 e. The van der Waals surface area contributed by atoms with Crippen molar-refractivity contribution < 1.29 is 9.59 Å². The summed E-state index contributed by atoms with van der Waals surface area (Å²) in [6, 6.07) is 7.07. The third kappa shape index (κ3) is 4.31. The van der Waals surface area contributed by atoms with E-state index in [-0.39, 0.29) is 11.8 Å². The van der Waals surface area contributed by atoms with Gasteiger partial charge in [-0.3, -0.25) is 9.59 Å². The van der Waals surface area contributed by atoms with E-state index in [0.29, 0.717) is 11.3 Å². The fraction of sp³-hybridized carbons (Fsp3) is 0.294. The van der Waals surface area contributed by atoms with Crippen LogP contribution < -0.4 is 5.32 Å². The Kier molecular flexibility index (Phi) is 5.32. The highest BCUT2D eigenvalue weighted by Gasteiger charge is 2.19. The predicted octanol–water partition coefficient (Wildman–Crippen LogP) is 2.99.